The highest BCUT2D eigenvalue weighted by Gasteiger charge is 2.37. The molecule has 1 saturated heterocycles. The summed E-state index contributed by atoms with van der Waals surface area (Å²) in [6, 6.07) is 10.1. The zero-order valence-corrected chi connectivity index (χ0v) is 29.4. The van der Waals surface area contributed by atoms with Crippen molar-refractivity contribution in [2.45, 2.75) is 88.8 Å². The highest BCUT2D eigenvalue weighted by atomic mass is 19.4. The molecule has 0 saturated carbocycles. The fourth-order valence-corrected chi connectivity index (χ4v) is 5.98. The van der Waals surface area contributed by atoms with Gasteiger partial charge in [0, 0.05) is 12.3 Å². The molecule has 8 nitrogen and oxygen atoms in total. The Balaban J connectivity index is 1.48. The fourth-order valence-electron chi connectivity index (χ4n) is 5.98. The lowest BCUT2D eigenvalue weighted by atomic mass is 9.82. The van der Waals surface area contributed by atoms with Crippen molar-refractivity contribution < 1.29 is 59.3 Å². The summed E-state index contributed by atoms with van der Waals surface area (Å²) < 4.78 is 112. The number of nitrogens with zero attached hydrogens (tertiary/aromatic N) is 1. The van der Waals surface area contributed by atoms with E-state index in [9.17, 15) is 40.7 Å². The molecule has 4 rings (SSSR count). The molecule has 0 radical (unpaired) electrons. The van der Waals surface area contributed by atoms with Crippen LogP contribution in [0, 0.1) is 23.3 Å². The third-order valence-electron chi connectivity index (χ3n) is 8.58. The normalized spacial score (nSPS) is 17.6. The number of rotatable bonds is 13. The van der Waals surface area contributed by atoms with Crippen LogP contribution in [0.2, 0.25) is 0 Å². The number of esters is 1. The lowest BCUT2D eigenvalue weighted by molar-refractivity contribution is -0.160. The van der Waals surface area contributed by atoms with Gasteiger partial charge in [-0.3, -0.25) is 14.5 Å². The first kappa shape index (κ1) is 41.3. The van der Waals surface area contributed by atoms with Crippen LogP contribution in [0.15, 0.2) is 60.7 Å². The smallest absolute Gasteiger partial charge is 0.410 e. The van der Waals surface area contributed by atoms with Crippen molar-refractivity contribution in [3.63, 3.8) is 0 Å². The summed E-state index contributed by atoms with van der Waals surface area (Å²) in [6.07, 6.45) is -8.43. The van der Waals surface area contributed by atoms with Crippen LogP contribution in [0.4, 0.5) is 35.5 Å². The number of benzene rings is 3. The van der Waals surface area contributed by atoms with Crippen LogP contribution in [0.25, 0.3) is 0 Å². The quantitative estimate of drug-likeness (QED) is 0.144. The van der Waals surface area contributed by atoms with Crippen LogP contribution in [0.1, 0.15) is 68.2 Å². The summed E-state index contributed by atoms with van der Waals surface area (Å²) in [4.78, 5) is 40.0. The van der Waals surface area contributed by atoms with Crippen LogP contribution in [-0.2, 0) is 36.6 Å². The third kappa shape index (κ3) is 12.0. The highest BCUT2D eigenvalue weighted by Crippen LogP contribution is 2.31. The number of carbonyl (C=O) groups is 3. The zero-order chi connectivity index (χ0) is 39.1. The van der Waals surface area contributed by atoms with E-state index >= 15 is 4.39 Å². The second kappa shape index (κ2) is 17.5. The van der Waals surface area contributed by atoms with Crippen molar-refractivity contribution in [1.29, 1.82) is 0 Å². The maximum absolute atomic E-state index is 15.3. The van der Waals surface area contributed by atoms with Crippen LogP contribution >= 0.6 is 0 Å². The van der Waals surface area contributed by atoms with E-state index in [0.717, 1.165) is 18.2 Å². The van der Waals surface area contributed by atoms with E-state index in [1.54, 1.807) is 20.8 Å². The second-order valence-electron chi connectivity index (χ2n) is 13.8. The number of alkyl halides is 3. The molecule has 1 fully saturated rings. The molecule has 0 aromatic heterocycles. The summed E-state index contributed by atoms with van der Waals surface area (Å²) in [5, 5.41) is 0. The van der Waals surface area contributed by atoms with E-state index in [1.807, 2.05) is 0 Å². The SMILES string of the molecule is CC(C)(C)OC(=O)N1C[C@@H](CCc2c(F)cccc2CC(=O)[C@@H](N)[C@H](c2cccc(F)c2)c2ccc(F)c(F)c2)OC[C@H]1COC(=O)CCC(F)(F)F. The molecule has 3 aromatic carbocycles. The van der Waals surface area contributed by atoms with Crippen LogP contribution in [-0.4, -0.2) is 72.5 Å². The van der Waals surface area contributed by atoms with E-state index in [2.05, 4.69) is 0 Å². The van der Waals surface area contributed by atoms with Gasteiger partial charge in [0.25, 0.3) is 0 Å². The predicted molar refractivity (Wildman–Crippen MR) is 179 cm³/mol. The van der Waals surface area contributed by atoms with E-state index in [4.69, 9.17) is 19.9 Å². The van der Waals surface area contributed by atoms with E-state index < -0.39 is 96.4 Å². The average Bonchev–Trinajstić information content (AvgIpc) is 3.07. The Morgan fingerprint density at radius 1 is 0.925 bits per heavy atom. The molecule has 1 aliphatic heterocycles. The first-order valence-electron chi connectivity index (χ1n) is 16.9. The maximum atomic E-state index is 15.3. The minimum absolute atomic E-state index is 0.0327. The number of carbonyl (C=O) groups excluding carboxylic acids is 3. The number of amides is 1. The molecule has 15 heteroatoms. The molecular weight excluding hydrogens is 713 g/mol. The van der Waals surface area contributed by atoms with Gasteiger partial charge in [-0.2, -0.15) is 13.2 Å². The van der Waals surface area contributed by atoms with Crippen molar-refractivity contribution in [2.75, 3.05) is 19.8 Å². The number of ether oxygens (including phenoxy) is 3. The third-order valence-corrected chi connectivity index (χ3v) is 8.58. The first-order valence-corrected chi connectivity index (χ1v) is 16.9. The van der Waals surface area contributed by atoms with Crippen molar-refractivity contribution in [2.24, 2.45) is 5.73 Å². The Hall–Kier alpha value is -4.50. The molecule has 0 bridgehead atoms. The highest BCUT2D eigenvalue weighted by molar-refractivity contribution is 5.87. The largest absolute Gasteiger partial charge is 0.463 e. The van der Waals surface area contributed by atoms with Gasteiger partial charge in [-0.05, 0) is 86.2 Å². The molecule has 0 unspecified atom stereocenters. The van der Waals surface area contributed by atoms with Gasteiger partial charge in [0.1, 0.15) is 23.8 Å². The molecule has 4 atom stereocenters. The summed E-state index contributed by atoms with van der Waals surface area (Å²) in [5.74, 6) is -6.32. The minimum atomic E-state index is -4.55. The zero-order valence-electron chi connectivity index (χ0n) is 29.4. The molecular formula is C38H41F7N2O6. The average molecular weight is 755 g/mol. The number of ketones is 1. The van der Waals surface area contributed by atoms with Crippen molar-refractivity contribution in [3.8, 4) is 0 Å². The number of halogens is 7. The van der Waals surface area contributed by atoms with Crippen LogP contribution in [0.3, 0.4) is 0 Å². The topological polar surface area (TPSA) is 108 Å². The van der Waals surface area contributed by atoms with Crippen LogP contribution in [0.5, 0.6) is 0 Å². The van der Waals surface area contributed by atoms with Crippen molar-refractivity contribution in [1.82, 2.24) is 4.90 Å². The molecule has 1 amide bonds. The Labute approximate surface area is 302 Å². The Kier molecular flexibility index (Phi) is 13.7. The standard InChI is InChI=1S/C38H41F7N2O6/c1-37(2,3)53-36(50)47-19-27(51-20-26(47)21-52-33(49)14-15-38(43,44)45)11-12-28-22(6-5-9-29(28)40)18-32(48)35(46)34(23-7-4-8-25(39)16-23)24-10-13-30(41)31(42)17-24/h4-10,13,16-17,26-27,34-35H,11-12,14-15,18-21,46H2,1-3H3/t26-,27+,34+,35+/m0/s1. The van der Waals surface area contributed by atoms with Gasteiger partial charge in [0.05, 0.1) is 44.2 Å². The molecule has 2 N–H and O–H groups in total. The number of hydrogen-bond acceptors (Lipinski definition) is 7. The van der Waals surface area contributed by atoms with Gasteiger partial charge < -0.3 is 19.9 Å². The summed E-state index contributed by atoms with van der Waals surface area (Å²) in [5.41, 5.74) is 6.36. The number of nitrogens with two attached hydrogens (primary N) is 1. The van der Waals surface area contributed by atoms with Gasteiger partial charge in [0.15, 0.2) is 17.4 Å². The molecule has 1 heterocycles. The number of Topliss-reactive ketones (excluding diaryl/α,β-unsaturated/α-hetero) is 1. The molecule has 0 aliphatic carbocycles. The second-order valence-corrected chi connectivity index (χ2v) is 13.8. The number of hydrogen-bond donors (Lipinski definition) is 1. The Morgan fingerprint density at radius 2 is 1.62 bits per heavy atom. The monoisotopic (exact) mass is 754 g/mol. The molecule has 3 aromatic rings. The molecule has 288 valence electrons. The fraction of sp³-hybridized carbons (Fsp3) is 0.447. The van der Waals surface area contributed by atoms with Gasteiger partial charge in [0.2, 0.25) is 0 Å². The predicted octanol–water partition coefficient (Wildman–Crippen LogP) is 7.34. The summed E-state index contributed by atoms with van der Waals surface area (Å²) >= 11 is 0. The van der Waals surface area contributed by atoms with Gasteiger partial charge in [-0.15, -0.1) is 0 Å². The van der Waals surface area contributed by atoms with E-state index in [0.29, 0.717) is 0 Å². The molecule has 53 heavy (non-hydrogen) atoms. The lowest BCUT2D eigenvalue weighted by Crippen LogP contribution is -2.55. The van der Waals surface area contributed by atoms with Gasteiger partial charge in [-0.25, -0.2) is 22.4 Å². The van der Waals surface area contributed by atoms with Gasteiger partial charge >= 0.3 is 18.2 Å². The molecule has 1 aliphatic rings. The van der Waals surface area contributed by atoms with E-state index in [-0.39, 0.29) is 54.7 Å². The Morgan fingerprint density at radius 3 is 2.28 bits per heavy atom. The lowest BCUT2D eigenvalue weighted by Gasteiger charge is -2.40. The summed E-state index contributed by atoms with van der Waals surface area (Å²) in [7, 11) is 0. The van der Waals surface area contributed by atoms with Gasteiger partial charge in [-0.1, -0.05) is 30.3 Å². The maximum Gasteiger partial charge on any atom is 0.410 e. The Bertz CT molecular complexity index is 1760. The molecule has 0 spiro atoms. The van der Waals surface area contributed by atoms with Crippen molar-refractivity contribution in [3.05, 3.63) is 106 Å². The minimum Gasteiger partial charge on any atom is -0.463 e. The summed E-state index contributed by atoms with van der Waals surface area (Å²) in [6.45, 7) is 4.22. The number of morpholine rings is 1. The van der Waals surface area contributed by atoms with Crippen molar-refractivity contribution >= 4 is 17.8 Å². The van der Waals surface area contributed by atoms with Crippen LogP contribution < -0.4 is 5.73 Å². The first-order chi connectivity index (χ1) is 24.8. The van der Waals surface area contributed by atoms with E-state index in [1.165, 1.54) is 47.4 Å².